The first-order valence-electron chi connectivity index (χ1n) is 12.2. The highest BCUT2D eigenvalue weighted by atomic mass is 32.2. The molecule has 1 amide bonds. The van der Waals surface area contributed by atoms with Crippen LogP contribution in [0.5, 0.6) is 0 Å². The molecule has 0 unspecified atom stereocenters. The molecule has 190 valence electrons. The number of carbonyl (C=O) groups excluding carboxylic acids is 2. The predicted molar refractivity (Wildman–Crippen MR) is 135 cm³/mol. The molecule has 10 heteroatoms. The van der Waals surface area contributed by atoms with Crippen molar-refractivity contribution in [1.82, 2.24) is 4.72 Å². The number of sulfonamides is 1. The first kappa shape index (κ1) is 24.9. The Morgan fingerprint density at radius 2 is 1.83 bits per heavy atom. The van der Waals surface area contributed by atoms with Gasteiger partial charge in [0, 0.05) is 6.04 Å². The number of rotatable bonds is 8. The number of hydrogen-bond donors (Lipinski definition) is 2. The summed E-state index contributed by atoms with van der Waals surface area (Å²) < 4.78 is 34.5. The molecule has 4 saturated carbocycles. The van der Waals surface area contributed by atoms with Crippen LogP contribution in [0.1, 0.15) is 61.4 Å². The van der Waals surface area contributed by atoms with Crippen molar-refractivity contribution in [2.45, 2.75) is 56.4 Å². The predicted octanol–water partition coefficient (Wildman–Crippen LogP) is 4.30. The zero-order valence-electron chi connectivity index (χ0n) is 20.0. The number of thiophene rings is 1. The molecule has 4 aliphatic carbocycles. The fourth-order valence-electron chi connectivity index (χ4n) is 6.80. The summed E-state index contributed by atoms with van der Waals surface area (Å²) in [5.74, 6) is 0.750. The zero-order chi connectivity index (χ0) is 25.5. The molecule has 0 spiro atoms. The molecule has 0 aliphatic heterocycles. The van der Waals surface area contributed by atoms with Crippen molar-refractivity contribution < 1.29 is 22.7 Å². The van der Waals surface area contributed by atoms with Crippen molar-refractivity contribution in [2.24, 2.45) is 23.2 Å². The number of ether oxygens (including phenoxy) is 1. The minimum absolute atomic E-state index is 0.00442. The van der Waals surface area contributed by atoms with E-state index in [1.165, 1.54) is 54.9 Å². The topological polar surface area (TPSA) is 125 Å². The third kappa shape index (κ3) is 4.92. The van der Waals surface area contributed by atoms with Crippen LogP contribution in [-0.2, 0) is 19.6 Å². The average molecular weight is 528 g/mol. The standard InChI is InChI=1S/C26H29N3O5S2/c1-16(26-11-17-7-18(12-26)9-19(8-17)13-26)29-36(32,33)22-4-2-3-20(10-22)25(31)34-15-23(30)28-24-21(14-27)5-6-35-24/h2-6,10,16-19,29H,7-9,11-13,15H2,1H3,(H,28,30)/t16-,17?,18?,19?,26?/m0/s1. The largest absolute Gasteiger partial charge is 0.452 e. The Morgan fingerprint density at radius 3 is 2.47 bits per heavy atom. The lowest BCUT2D eigenvalue weighted by Gasteiger charge is -2.59. The summed E-state index contributed by atoms with van der Waals surface area (Å²) in [6.45, 7) is 1.42. The summed E-state index contributed by atoms with van der Waals surface area (Å²) in [6.07, 6.45) is 7.10. The van der Waals surface area contributed by atoms with E-state index in [1.807, 2.05) is 13.0 Å². The van der Waals surface area contributed by atoms with Gasteiger partial charge in [-0.25, -0.2) is 17.9 Å². The quantitative estimate of drug-likeness (QED) is 0.493. The molecule has 4 bridgehead atoms. The van der Waals surface area contributed by atoms with Gasteiger partial charge in [0.25, 0.3) is 5.91 Å². The van der Waals surface area contributed by atoms with Crippen LogP contribution in [0.4, 0.5) is 5.00 Å². The van der Waals surface area contributed by atoms with E-state index < -0.39 is 28.5 Å². The van der Waals surface area contributed by atoms with Gasteiger partial charge in [-0.3, -0.25) is 4.79 Å². The van der Waals surface area contributed by atoms with Gasteiger partial charge in [0.05, 0.1) is 16.0 Å². The van der Waals surface area contributed by atoms with Crippen molar-refractivity contribution in [3.05, 3.63) is 46.8 Å². The number of nitrogens with zero attached hydrogens (tertiary/aromatic N) is 1. The number of nitrogens with one attached hydrogen (secondary N) is 2. The van der Waals surface area contributed by atoms with E-state index in [2.05, 4.69) is 10.0 Å². The Labute approximate surface area is 215 Å². The average Bonchev–Trinajstić information content (AvgIpc) is 3.28. The lowest BCUT2D eigenvalue weighted by molar-refractivity contribution is -0.119. The van der Waals surface area contributed by atoms with Gasteiger partial charge in [0.2, 0.25) is 10.0 Å². The molecule has 8 nitrogen and oxygen atoms in total. The van der Waals surface area contributed by atoms with E-state index in [9.17, 15) is 18.0 Å². The summed E-state index contributed by atoms with van der Waals surface area (Å²) in [5.41, 5.74) is 0.384. The van der Waals surface area contributed by atoms with E-state index in [1.54, 1.807) is 11.4 Å². The number of nitriles is 1. The SMILES string of the molecule is C[C@H](NS(=O)(=O)c1cccc(C(=O)OCC(=O)Nc2sccc2C#N)c1)C12CC3CC(CC(C3)C1)C2. The summed E-state index contributed by atoms with van der Waals surface area (Å²) in [4.78, 5) is 24.7. The number of amides is 1. The van der Waals surface area contributed by atoms with Gasteiger partial charge >= 0.3 is 5.97 Å². The van der Waals surface area contributed by atoms with Crippen LogP contribution in [0.3, 0.4) is 0 Å². The van der Waals surface area contributed by atoms with Crippen LogP contribution in [0.2, 0.25) is 0 Å². The Morgan fingerprint density at radius 1 is 1.17 bits per heavy atom. The van der Waals surface area contributed by atoms with Crippen molar-refractivity contribution >= 4 is 38.2 Å². The molecule has 36 heavy (non-hydrogen) atoms. The lowest BCUT2D eigenvalue weighted by atomic mass is 9.48. The third-order valence-corrected chi connectivity index (χ3v) is 10.5. The van der Waals surface area contributed by atoms with Crippen molar-refractivity contribution in [3.8, 4) is 6.07 Å². The maximum absolute atomic E-state index is 13.3. The number of hydrogen-bond acceptors (Lipinski definition) is 7. The highest BCUT2D eigenvalue weighted by Crippen LogP contribution is 2.61. The molecular weight excluding hydrogens is 498 g/mol. The smallest absolute Gasteiger partial charge is 0.338 e. The van der Waals surface area contributed by atoms with Crippen molar-refractivity contribution in [1.29, 1.82) is 5.26 Å². The van der Waals surface area contributed by atoms with E-state index in [4.69, 9.17) is 10.00 Å². The molecule has 1 aromatic heterocycles. The van der Waals surface area contributed by atoms with Crippen molar-refractivity contribution in [3.63, 3.8) is 0 Å². The van der Waals surface area contributed by atoms with Crippen LogP contribution >= 0.6 is 11.3 Å². The van der Waals surface area contributed by atoms with Gasteiger partial charge in [-0.2, -0.15) is 5.26 Å². The molecular formula is C26H29N3O5S2. The molecule has 2 aromatic rings. The molecule has 1 atom stereocenters. The number of esters is 1. The Kier molecular flexibility index (Phi) is 6.66. The number of carbonyl (C=O) groups is 2. The second kappa shape index (κ2) is 9.61. The molecule has 6 rings (SSSR count). The first-order chi connectivity index (χ1) is 17.2. The second-order valence-electron chi connectivity index (χ2n) is 10.6. The third-order valence-electron chi connectivity index (χ3n) is 8.09. The normalized spacial score (nSPS) is 27.3. The lowest BCUT2D eigenvalue weighted by Crippen LogP contribution is -2.55. The molecule has 4 fully saturated rings. The maximum atomic E-state index is 13.3. The van der Waals surface area contributed by atoms with E-state index >= 15 is 0 Å². The van der Waals surface area contributed by atoms with Crippen LogP contribution < -0.4 is 10.0 Å². The molecule has 0 radical (unpaired) electrons. The first-order valence-corrected chi connectivity index (χ1v) is 14.6. The Hall–Kier alpha value is -2.74. The highest BCUT2D eigenvalue weighted by molar-refractivity contribution is 7.89. The maximum Gasteiger partial charge on any atom is 0.338 e. The van der Waals surface area contributed by atoms with Crippen LogP contribution in [0, 0.1) is 34.5 Å². The minimum Gasteiger partial charge on any atom is -0.452 e. The van der Waals surface area contributed by atoms with E-state index in [-0.39, 0.29) is 21.9 Å². The van der Waals surface area contributed by atoms with Gasteiger partial charge in [-0.1, -0.05) is 6.07 Å². The summed E-state index contributed by atoms with van der Waals surface area (Å²) in [6, 6.07) is 9.04. The van der Waals surface area contributed by atoms with Gasteiger partial charge in [0.15, 0.2) is 6.61 Å². The van der Waals surface area contributed by atoms with E-state index in [0.717, 1.165) is 19.3 Å². The highest BCUT2D eigenvalue weighted by Gasteiger charge is 2.53. The summed E-state index contributed by atoms with van der Waals surface area (Å²) in [7, 11) is -3.85. The van der Waals surface area contributed by atoms with Gasteiger partial charge in [0.1, 0.15) is 11.1 Å². The van der Waals surface area contributed by atoms with Crippen molar-refractivity contribution in [2.75, 3.05) is 11.9 Å². The van der Waals surface area contributed by atoms with Gasteiger partial charge < -0.3 is 10.1 Å². The Bertz CT molecular complexity index is 1290. The minimum atomic E-state index is -3.85. The fraction of sp³-hybridized carbons (Fsp3) is 0.500. The second-order valence-corrected chi connectivity index (χ2v) is 13.2. The molecule has 4 aliphatic rings. The number of benzene rings is 1. The Balaban J connectivity index is 1.22. The van der Waals surface area contributed by atoms with Crippen LogP contribution in [0.25, 0.3) is 0 Å². The van der Waals surface area contributed by atoms with Crippen LogP contribution in [-0.4, -0.2) is 32.9 Å². The molecule has 1 heterocycles. The monoisotopic (exact) mass is 527 g/mol. The summed E-state index contributed by atoms with van der Waals surface area (Å²) >= 11 is 1.19. The van der Waals surface area contributed by atoms with Gasteiger partial charge in [-0.15, -0.1) is 11.3 Å². The van der Waals surface area contributed by atoms with E-state index in [0.29, 0.717) is 28.3 Å². The molecule has 1 aromatic carbocycles. The zero-order valence-corrected chi connectivity index (χ0v) is 21.7. The molecule has 0 saturated heterocycles. The van der Waals surface area contributed by atoms with Gasteiger partial charge in [-0.05, 0) is 98.3 Å². The number of anilines is 1. The summed E-state index contributed by atoms with van der Waals surface area (Å²) in [5, 5.41) is 13.6. The molecule has 2 N–H and O–H groups in total. The fourth-order valence-corrected chi connectivity index (χ4v) is 8.94. The van der Waals surface area contributed by atoms with Crippen LogP contribution in [0.15, 0.2) is 40.6 Å².